The largest absolute Gasteiger partial charge is 0.393 e. The van der Waals surface area contributed by atoms with Crippen molar-refractivity contribution in [2.75, 3.05) is 16.8 Å². The van der Waals surface area contributed by atoms with Crippen molar-refractivity contribution in [2.45, 2.75) is 68.6 Å². The zero-order chi connectivity index (χ0) is 18.4. The number of fused-ring (bicyclic) bond motifs is 1. The lowest BCUT2D eigenvalue weighted by molar-refractivity contribution is -0.174. The molecule has 5 atom stereocenters. The molecule has 5 N–H and O–H groups in total. The highest BCUT2D eigenvalue weighted by molar-refractivity contribution is 7.99. The molecule has 25 heavy (non-hydrogen) atoms. The first kappa shape index (κ1) is 18.9. The van der Waals surface area contributed by atoms with Crippen molar-refractivity contribution >= 4 is 34.9 Å². The molecule has 8 nitrogen and oxygen atoms in total. The van der Waals surface area contributed by atoms with Gasteiger partial charge in [-0.25, -0.2) is 9.97 Å². The second kappa shape index (κ2) is 7.05. The van der Waals surface area contributed by atoms with Crippen LogP contribution in [0.3, 0.4) is 0 Å². The summed E-state index contributed by atoms with van der Waals surface area (Å²) >= 11 is 7.57. The predicted octanol–water partition coefficient (Wildman–Crippen LogP) is 1.25. The van der Waals surface area contributed by atoms with Crippen molar-refractivity contribution in [1.82, 2.24) is 9.97 Å². The van der Waals surface area contributed by atoms with Gasteiger partial charge in [-0.2, -0.15) is 0 Å². The summed E-state index contributed by atoms with van der Waals surface area (Å²) in [4.78, 5) is 8.54. The maximum Gasteiger partial charge on any atom is 0.191 e. The summed E-state index contributed by atoms with van der Waals surface area (Å²) in [6, 6.07) is -0.640. The van der Waals surface area contributed by atoms with E-state index in [0.717, 1.165) is 12.2 Å². The number of nitrogens with zero attached hydrogens (tertiary/aromatic N) is 2. The summed E-state index contributed by atoms with van der Waals surface area (Å²) in [6.45, 7) is 5.58. The Balaban J connectivity index is 1.85. The highest BCUT2D eigenvalue weighted by Gasteiger charge is 2.58. The molecule has 0 unspecified atom stereocenters. The first-order chi connectivity index (χ1) is 11.7. The Morgan fingerprint density at radius 2 is 1.92 bits per heavy atom. The second-order valence-electron chi connectivity index (χ2n) is 6.62. The average molecular weight is 391 g/mol. The molecule has 2 aliphatic rings. The van der Waals surface area contributed by atoms with Crippen LogP contribution in [-0.4, -0.2) is 62.2 Å². The molecule has 10 heteroatoms. The molecule has 0 radical (unpaired) electrons. The number of hydrogen-bond donors (Lipinski definition) is 4. The summed E-state index contributed by atoms with van der Waals surface area (Å²) in [5.74, 6) is 0.317. The van der Waals surface area contributed by atoms with Crippen LogP contribution in [0.25, 0.3) is 0 Å². The topological polar surface area (TPSA) is 123 Å². The minimum atomic E-state index is -1.09. The molecule has 140 valence electrons. The van der Waals surface area contributed by atoms with Crippen molar-refractivity contribution in [3.63, 3.8) is 0 Å². The fraction of sp³-hybridized carbons (Fsp3) is 0.733. The first-order valence-electron chi connectivity index (χ1n) is 8.17. The van der Waals surface area contributed by atoms with Crippen molar-refractivity contribution in [3.05, 3.63) is 5.15 Å². The van der Waals surface area contributed by atoms with Gasteiger partial charge in [-0.1, -0.05) is 30.3 Å². The molecule has 3 rings (SSSR count). The SMILES string of the molecule is CCCSc1nc(Cl)c(N)c(N[C@@H]2[C@H](O)[C@H](O)[C@H]3OC(C)(C)O[C@@H]23)n1. The van der Waals surface area contributed by atoms with E-state index in [1.54, 1.807) is 13.8 Å². The third kappa shape index (κ3) is 3.67. The number of thioether (sulfide) groups is 1. The van der Waals surface area contributed by atoms with Gasteiger partial charge in [-0.3, -0.25) is 0 Å². The van der Waals surface area contributed by atoms with Gasteiger partial charge in [0.05, 0.1) is 6.04 Å². The standard InChI is InChI=1S/C15H23ClN4O4S/c1-4-5-25-14-19-12(16)6(17)13(20-14)18-7-8(21)9(22)11-10(7)23-15(2,3)24-11/h7-11,21-22H,4-5,17H2,1-3H3,(H,18,19,20)/t7-,8+,9+,10+,11-/m1/s1. The van der Waals surface area contributed by atoms with Gasteiger partial charge in [0.25, 0.3) is 0 Å². The summed E-state index contributed by atoms with van der Waals surface area (Å²) in [7, 11) is 0. The molecular weight excluding hydrogens is 368 g/mol. The third-order valence-electron chi connectivity index (χ3n) is 4.19. The van der Waals surface area contributed by atoms with E-state index in [9.17, 15) is 10.2 Å². The van der Waals surface area contributed by atoms with E-state index < -0.39 is 36.2 Å². The number of nitrogens with one attached hydrogen (secondary N) is 1. The predicted molar refractivity (Wildman–Crippen MR) is 95.7 cm³/mol. The molecule has 0 spiro atoms. The fourth-order valence-electron chi connectivity index (χ4n) is 3.08. The zero-order valence-electron chi connectivity index (χ0n) is 14.3. The van der Waals surface area contributed by atoms with E-state index in [2.05, 4.69) is 22.2 Å². The molecule has 1 aliphatic heterocycles. The highest BCUT2D eigenvalue weighted by Crippen LogP contribution is 2.40. The van der Waals surface area contributed by atoms with Gasteiger partial charge in [-0.05, 0) is 20.3 Å². The Labute approximate surface area is 155 Å². The van der Waals surface area contributed by atoms with Gasteiger partial charge in [0.2, 0.25) is 0 Å². The van der Waals surface area contributed by atoms with Crippen molar-refractivity contribution in [1.29, 1.82) is 0 Å². The van der Waals surface area contributed by atoms with E-state index in [1.165, 1.54) is 11.8 Å². The number of anilines is 2. The number of hydrogen-bond acceptors (Lipinski definition) is 9. The van der Waals surface area contributed by atoms with Crippen LogP contribution in [0.1, 0.15) is 27.2 Å². The molecule has 2 heterocycles. The summed E-state index contributed by atoms with van der Waals surface area (Å²) < 4.78 is 11.5. The van der Waals surface area contributed by atoms with Crippen molar-refractivity contribution < 1.29 is 19.7 Å². The minimum absolute atomic E-state index is 0.143. The Bertz CT molecular complexity index is 650. The minimum Gasteiger partial charge on any atom is -0.393 e. The van der Waals surface area contributed by atoms with E-state index in [-0.39, 0.29) is 10.8 Å². The van der Waals surface area contributed by atoms with Crippen LogP contribution in [0.5, 0.6) is 0 Å². The third-order valence-corrected chi connectivity index (χ3v) is 5.53. The van der Waals surface area contributed by atoms with E-state index in [0.29, 0.717) is 11.0 Å². The molecule has 0 bridgehead atoms. The number of halogens is 1. The molecular formula is C15H23ClN4O4S. The van der Waals surface area contributed by atoms with E-state index >= 15 is 0 Å². The maximum atomic E-state index is 10.4. The molecule has 1 aromatic heterocycles. The number of aliphatic hydroxyl groups excluding tert-OH is 2. The number of aliphatic hydroxyl groups is 2. The molecule has 2 fully saturated rings. The van der Waals surface area contributed by atoms with Gasteiger partial charge in [0.1, 0.15) is 30.1 Å². The Kier molecular flexibility index (Phi) is 5.34. The van der Waals surface area contributed by atoms with Crippen LogP contribution < -0.4 is 11.1 Å². The number of nitrogen functional groups attached to an aromatic ring is 1. The van der Waals surface area contributed by atoms with Crippen LogP contribution in [0.15, 0.2) is 5.16 Å². The van der Waals surface area contributed by atoms with Crippen LogP contribution in [0, 0.1) is 0 Å². The van der Waals surface area contributed by atoms with E-state index in [1.807, 2.05) is 0 Å². The summed E-state index contributed by atoms with van der Waals surface area (Å²) in [6.07, 6.45) is -2.37. The van der Waals surface area contributed by atoms with Gasteiger partial charge in [-0.15, -0.1) is 0 Å². The first-order valence-corrected chi connectivity index (χ1v) is 9.54. The van der Waals surface area contributed by atoms with Gasteiger partial charge >= 0.3 is 0 Å². The van der Waals surface area contributed by atoms with Crippen LogP contribution in [0.4, 0.5) is 11.5 Å². The van der Waals surface area contributed by atoms with Gasteiger partial charge in [0.15, 0.2) is 21.9 Å². The van der Waals surface area contributed by atoms with Gasteiger partial charge in [0, 0.05) is 5.75 Å². The molecule has 0 aromatic carbocycles. The summed E-state index contributed by atoms with van der Waals surface area (Å²) in [5, 5.41) is 24.3. The lowest BCUT2D eigenvalue weighted by atomic mass is 10.1. The van der Waals surface area contributed by atoms with Crippen LogP contribution in [-0.2, 0) is 9.47 Å². The normalized spacial score (nSPS) is 33.4. The quantitative estimate of drug-likeness (QED) is 0.334. The summed E-state index contributed by atoms with van der Waals surface area (Å²) in [5.41, 5.74) is 6.17. The molecule has 1 aromatic rings. The number of ether oxygens (including phenoxy) is 2. The number of rotatable bonds is 5. The fourth-order valence-corrected chi connectivity index (χ4v) is 3.99. The molecule has 0 amide bonds. The lowest BCUT2D eigenvalue weighted by Crippen LogP contribution is -2.42. The van der Waals surface area contributed by atoms with Crippen molar-refractivity contribution in [3.8, 4) is 0 Å². The lowest BCUT2D eigenvalue weighted by Gasteiger charge is -2.26. The molecule has 1 saturated carbocycles. The monoisotopic (exact) mass is 390 g/mol. The second-order valence-corrected chi connectivity index (χ2v) is 8.04. The highest BCUT2D eigenvalue weighted by atomic mass is 35.5. The Morgan fingerprint density at radius 1 is 1.24 bits per heavy atom. The smallest absolute Gasteiger partial charge is 0.191 e. The number of aromatic nitrogens is 2. The average Bonchev–Trinajstić information content (AvgIpc) is 2.97. The van der Waals surface area contributed by atoms with Crippen LogP contribution >= 0.6 is 23.4 Å². The van der Waals surface area contributed by atoms with Crippen molar-refractivity contribution in [2.24, 2.45) is 0 Å². The zero-order valence-corrected chi connectivity index (χ0v) is 15.8. The van der Waals surface area contributed by atoms with Crippen LogP contribution in [0.2, 0.25) is 5.15 Å². The number of nitrogens with two attached hydrogens (primary N) is 1. The Morgan fingerprint density at radius 3 is 2.60 bits per heavy atom. The molecule has 1 saturated heterocycles. The van der Waals surface area contributed by atoms with Gasteiger partial charge < -0.3 is 30.7 Å². The maximum absolute atomic E-state index is 10.4. The molecule has 1 aliphatic carbocycles. The van der Waals surface area contributed by atoms with E-state index in [4.69, 9.17) is 26.8 Å². The Hall–Kier alpha value is -0.840.